The van der Waals surface area contributed by atoms with Crippen LogP contribution in [-0.4, -0.2) is 15.0 Å². The molecule has 0 aliphatic rings. The second kappa shape index (κ2) is 3.54. The van der Waals surface area contributed by atoms with Gasteiger partial charge in [0.25, 0.3) is 0 Å². The molecule has 0 spiro atoms. The lowest BCUT2D eigenvalue weighted by molar-refractivity contribution is 0.743. The molecule has 0 saturated heterocycles. The highest BCUT2D eigenvalue weighted by molar-refractivity contribution is 5.34. The molecule has 1 aromatic carbocycles. The first-order chi connectivity index (χ1) is 7.20. The van der Waals surface area contributed by atoms with Gasteiger partial charge in [-0.25, -0.2) is 0 Å². The highest BCUT2D eigenvalue weighted by atomic mass is 15.5. The van der Waals surface area contributed by atoms with Gasteiger partial charge in [-0.3, -0.25) is 0 Å². The van der Waals surface area contributed by atoms with E-state index >= 15 is 0 Å². The molecule has 0 saturated carbocycles. The quantitative estimate of drug-likeness (QED) is 0.701. The fraction of sp³-hybridized carbons (Fsp3) is 0.182. The Morgan fingerprint density at radius 2 is 1.80 bits per heavy atom. The van der Waals surface area contributed by atoms with Crippen molar-refractivity contribution in [3.8, 4) is 11.8 Å². The summed E-state index contributed by atoms with van der Waals surface area (Å²) in [5.41, 5.74) is 3.07. The maximum absolute atomic E-state index is 8.76. The van der Waals surface area contributed by atoms with Gasteiger partial charge in [-0.05, 0) is 26.0 Å². The van der Waals surface area contributed by atoms with Crippen molar-refractivity contribution in [2.45, 2.75) is 13.8 Å². The number of nitriles is 1. The summed E-state index contributed by atoms with van der Waals surface area (Å²) >= 11 is 0. The van der Waals surface area contributed by atoms with E-state index in [4.69, 9.17) is 5.26 Å². The minimum absolute atomic E-state index is 0.371. The molecule has 0 bridgehead atoms. The van der Waals surface area contributed by atoms with Crippen LogP contribution in [0, 0.1) is 25.2 Å². The highest BCUT2D eigenvalue weighted by Gasteiger charge is 2.06. The van der Waals surface area contributed by atoms with Crippen molar-refractivity contribution in [3.63, 3.8) is 0 Å². The van der Waals surface area contributed by atoms with E-state index in [1.807, 2.05) is 37.3 Å². The zero-order valence-corrected chi connectivity index (χ0v) is 8.60. The topological polar surface area (TPSA) is 54.5 Å². The van der Waals surface area contributed by atoms with Crippen molar-refractivity contribution in [2.75, 3.05) is 0 Å². The third-order valence-electron chi connectivity index (χ3n) is 2.15. The van der Waals surface area contributed by atoms with Gasteiger partial charge in [0, 0.05) is 0 Å². The van der Waals surface area contributed by atoms with Crippen LogP contribution in [-0.2, 0) is 0 Å². The summed E-state index contributed by atoms with van der Waals surface area (Å²) in [6, 6.07) is 9.83. The van der Waals surface area contributed by atoms with Crippen LogP contribution >= 0.6 is 0 Å². The van der Waals surface area contributed by atoms with Crippen LogP contribution in [0.1, 0.15) is 17.0 Å². The van der Waals surface area contributed by atoms with Gasteiger partial charge >= 0.3 is 0 Å². The highest BCUT2D eigenvalue weighted by Crippen LogP contribution is 2.08. The number of benzene rings is 1. The van der Waals surface area contributed by atoms with Gasteiger partial charge in [-0.2, -0.15) is 15.2 Å². The van der Waals surface area contributed by atoms with Crippen molar-refractivity contribution < 1.29 is 0 Å². The normalized spacial score (nSPS) is 9.93. The second-order valence-corrected chi connectivity index (χ2v) is 3.37. The molecule has 15 heavy (non-hydrogen) atoms. The van der Waals surface area contributed by atoms with E-state index in [0.29, 0.717) is 11.4 Å². The molecular weight excluding hydrogens is 188 g/mol. The second-order valence-electron chi connectivity index (χ2n) is 3.37. The van der Waals surface area contributed by atoms with Crippen LogP contribution < -0.4 is 0 Å². The third kappa shape index (κ3) is 1.72. The molecule has 0 radical (unpaired) electrons. The fourth-order valence-corrected chi connectivity index (χ4v) is 1.28. The fourth-order valence-electron chi connectivity index (χ4n) is 1.28. The number of nitrogens with zero attached hydrogens (tertiary/aromatic N) is 4. The summed E-state index contributed by atoms with van der Waals surface area (Å²) < 4.78 is 0. The summed E-state index contributed by atoms with van der Waals surface area (Å²) in [6.45, 7) is 3.79. The molecule has 1 aromatic heterocycles. The van der Waals surface area contributed by atoms with Gasteiger partial charge in [0.15, 0.2) is 5.69 Å². The first kappa shape index (κ1) is 9.41. The number of aromatic nitrogens is 3. The zero-order chi connectivity index (χ0) is 10.8. The lowest BCUT2D eigenvalue weighted by Crippen LogP contribution is -1.98. The Labute approximate surface area is 87.8 Å². The molecule has 0 N–H and O–H groups in total. The van der Waals surface area contributed by atoms with E-state index in [-0.39, 0.29) is 0 Å². The van der Waals surface area contributed by atoms with Crippen LogP contribution in [0.5, 0.6) is 0 Å². The van der Waals surface area contributed by atoms with Crippen molar-refractivity contribution in [1.29, 1.82) is 5.26 Å². The first-order valence-electron chi connectivity index (χ1n) is 4.62. The van der Waals surface area contributed by atoms with Crippen molar-refractivity contribution in [3.05, 3.63) is 41.2 Å². The summed E-state index contributed by atoms with van der Waals surface area (Å²) in [4.78, 5) is 1.48. The lowest BCUT2D eigenvalue weighted by atomic mass is 10.2. The van der Waals surface area contributed by atoms with Gasteiger partial charge < -0.3 is 0 Å². The average Bonchev–Trinajstić information content (AvgIpc) is 2.61. The summed E-state index contributed by atoms with van der Waals surface area (Å²) in [6.07, 6.45) is 0. The van der Waals surface area contributed by atoms with Gasteiger partial charge in [-0.15, -0.1) is 5.10 Å². The Morgan fingerprint density at radius 3 is 2.33 bits per heavy atom. The monoisotopic (exact) mass is 198 g/mol. The predicted octanol–water partition coefficient (Wildman–Crippen LogP) is 1.76. The van der Waals surface area contributed by atoms with Crippen molar-refractivity contribution in [1.82, 2.24) is 15.0 Å². The standard InChI is InChI=1S/C11H10N4/c1-8-3-5-10(6-4-8)15-13-9(2)11(7-12)14-15/h3-6H,1-2H3. The summed E-state index contributed by atoms with van der Waals surface area (Å²) in [5, 5.41) is 17.0. The van der Waals surface area contributed by atoms with Crippen LogP contribution in [0.2, 0.25) is 0 Å². The largest absolute Gasteiger partial charge is 0.191 e. The number of rotatable bonds is 1. The van der Waals surface area contributed by atoms with E-state index in [9.17, 15) is 0 Å². The maximum Gasteiger partial charge on any atom is 0.186 e. The van der Waals surface area contributed by atoms with Crippen LogP contribution in [0.25, 0.3) is 5.69 Å². The van der Waals surface area contributed by atoms with Gasteiger partial charge in [0.05, 0.1) is 11.4 Å². The van der Waals surface area contributed by atoms with E-state index < -0.39 is 0 Å². The minimum atomic E-state index is 0.371. The van der Waals surface area contributed by atoms with Crippen LogP contribution in [0.15, 0.2) is 24.3 Å². The van der Waals surface area contributed by atoms with E-state index in [0.717, 1.165) is 5.69 Å². The summed E-state index contributed by atoms with van der Waals surface area (Å²) in [7, 11) is 0. The maximum atomic E-state index is 8.76. The Hall–Kier alpha value is -2.15. The van der Waals surface area contributed by atoms with E-state index in [1.54, 1.807) is 6.92 Å². The van der Waals surface area contributed by atoms with Crippen LogP contribution in [0.4, 0.5) is 0 Å². The Bertz CT molecular complexity index is 517. The number of hydrogen-bond donors (Lipinski definition) is 0. The Morgan fingerprint density at radius 1 is 1.13 bits per heavy atom. The van der Waals surface area contributed by atoms with Crippen molar-refractivity contribution >= 4 is 0 Å². The number of hydrogen-bond acceptors (Lipinski definition) is 3. The smallest absolute Gasteiger partial charge is 0.186 e. The molecule has 0 aliphatic heterocycles. The minimum Gasteiger partial charge on any atom is -0.191 e. The molecule has 74 valence electrons. The molecule has 0 atom stereocenters. The number of aryl methyl sites for hydroxylation is 2. The van der Waals surface area contributed by atoms with E-state index in [2.05, 4.69) is 10.2 Å². The first-order valence-corrected chi connectivity index (χ1v) is 4.62. The molecule has 1 heterocycles. The zero-order valence-electron chi connectivity index (χ0n) is 8.60. The molecule has 2 rings (SSSR count). The molecule has 0 fully saturated rings. The van der Waals surface area contributed by atoms with Crippen LogP contribution in [0.3, 0.4) is 0 Å². The molecule has 4 nitrogen and oxygen atoms in total. The molecule has 0 unspecified atom stereocenters. The Kier molecular flexibility index (Phi) is 2.22. The van der Waals surface area contributed by atoms with E-state index in [1.165, 1.54) is 10.4 Å². The van der Waals surface area contributed by atoms with Crippen molar-refractivity contribution in [2.24, 2.45) is 0 Å². The van der Waals surface area contributed by atoms with Gasteiger partial charge in [0.2, 0.25) is 0 Å². The molecular formula is C11H10N4. The molecule has 0 aliphatic carbocycles. The SMILES string of the molecule is Cc1ccc(-n2nc(C)c(C#N)n2)cc1. The lowest BCUT2D eigenvalue weighted by Gasteiger charge is -1.98. The van der Waals surface area contributed by atoms with Gasteiger partial charge in [-0.1, -0.05) is 17.7 Å². The molecule has 4 heteroatoms. The molecule has 2 aromatic rings. The molecule has 0 amide bonds. The van der Waals surface area contributed by atoms with Gasteiger partial charge in [0.1, 0.15) is 6.07 Å². The third-order valence-corrected chi connectivity index (χ3v) is 2.15. The predicted molar refractivity (Wildman–Crippen MR) is 55.5 cm³/mol. The summed E-state index contributed by atoms with van der Waals surface area (Å²) in [5.74, 6) is 0. The average molecular weight is 198 g/mol. The Balaban J connectivity index is 2.46.